The molecule has 0 rings (SSSR count). The summed E-state index contributed by atoms with van der Waals surface area (Å²) in [6.07, 6.45) is 6.54. The second kappa shape index (κ2) is 9.37. The van der Waals surface area contributed by atoms with Crippen molar-refractivity contribution >= 4 is 11.8 Å². The fourth-order valence-electron chi connectivity index (χ4n) is 1.60. The molecule has 0 aliphatic heterocycles. The Labute approximate surface area is 98.6 Å². The van der Waals surface area contributed by atoms with E-state index in [9.17, 15) is 9.59 Å². The van der Waals surface area contributed by atoms with E-state index in [0.717, 1.165) is 12.8 Å². The predicted octanol–water partition coefficient (Wildman–Crippen LogP) is 3.12. The van der Waals surface area contributed by atoms with Crippen LogP contribution in [0.4, 0.5) is 0 Å². The lowest BCUT2D eigenvalue weighted by Gasteiger charge is -2.08. The van der Waals surface area contributed by atoms with Crippen LogP contribution in [0, 0.1) is 5.92 Å². The number of carbonyl (C=O) groups is 2. The Kier molecular flexibility index (Phi) is 8.87. The number of carbonyl (C=O) groups excluding carboxylic acids is 2. The molecule has 0 aromatic rings. The Balaban J connectivity index is 3.59. The second-order valence-electron chi connectivity index (χ2n) is 4.31. The molecule has 0 aromatic carbocycles. The molecule has 3 heteroatoms. The van der Waals surface area contributed by atoms with Crippen molar-refractivity contribution in [3.8, 4) is 0 Å². The fourth-order valence-corrected chi connectivity index (χ4v) is 1.60. The number of rotatable bonds is 9. The van der Waals surface area contributed by atoms with Crippen LogP contribution in [-0.4, -0.2) is 18.9 Å². The smallest absolute Gasteiger partial charge is 0.306 e. The molecular formula is C13H24O3. The number of hydrogen-bond acceptors (Lipinski definition) is 3. The Morgan fingerprint density at radius 2 is 1.75 bits per heavy atom. The van der Waals surface area contributed by atoms with E-state index < -0.39 is 0 Å². The van der Waals surface area contributed by atoms with Gasteiger partial charge in [0.2, 0.25) is 0 Å². The minimum Gasteiger partial charge on any atom is -0.469 e. The average Bonchev–Trinajstić information content (AvgIpc) is 2.28. The van der Waals surface area contributed by atoms with E-state index in [-0.39, 0.29) is 24.1 Å². The van der Waals surface area contributed by atoms with E-state index in [4.69, 9.17) is 0 Å². The maximum absolute atomic E-state index is 11.6. The Morgan fingerprint density at radius 3 is 2.31 bits per heavy atom. The summed E-state index contributed by atoms with van der Waals surface area (Å²) in [7, 11) is 1.35. The third-order valence-electron chi connectivity index (χ3n) is 2.78. The van der Waals surface area contributed by atoms with Crippen LogP contribution in [-0.2, 0) is 14.3 Å². The van der Waals surface area contributed by atoms with Gasteiger partial charge in [0.05, 0.1) is 13.5 Å². The van der Waals surface area contributed by atoms with E-state index in [0.29, 0.717) is 6.42 Å². The molecule has 3 nitrogen and oxygen atoms in total. The minimum atomic E-state index is -0.299. The standard InChI is InChI=1S/C13H24O3/c1-4-5-6-7-8-9-12(14)11(2)10-13(15)16-3/h11H,4-10H2,1-3H3. The van der Waals surface area contributed by atoms with Gasteiger partial charge in [0.1, 0.15) is 5.78 Å². The van der Waals surface area contributed by atoms with Gasteiger partial charge in [-0.3, -0.25) is 9.59 Å². The maximum Gasteiger partial charge on any atom is 0.306 e. The largest absolute Gasteiger partial charge is 0.469 e. The molecule has 1 atom stereocenters. The van der Waals surface area contributed by atoms with Gasteiger partial charge >= 0.3 is 5.97 Å². The van der Waals surface area contributed by atoms with Crippen molar-refractivity contribution in [2.45, 2.75) is 58.8 Å². The first-order chi connectivity index (χ1) is 7.61. The Morgan fingerprint density at radius 1 is 1.12 bits per heavy atom. The zero-order valence-electron chi connectivity index (χ0n) is 10.8. The first kappa shape index (κ1) is 15.1. The summed E-state index contributed by atoms with van der Waals surface area (Å²) in [6.45, 7) is 3.97. The lowest BCUT2D eigenvalue weighted by molar-refractivity contribution is -0.143. The summed E-state index contributed by atoms with van der Waals surface area (Å²) in [6, 6.07) is 0. The van der Waals surface area contributed by atoms with Crippen LogP contribution in [0.15, 0.2) is 0 Å². The number of ether oxygens (including phenoxy) is 1. The van der Waals surface area contributed by atoms with Crippen molar-refractivity contribution in [3.05, 3.63) is 0 Å². The van der Waals surface area contributed by atoms with Crippen LogP contribution in [0.5, 0.6) is 0 Å². The van der Waals surface area contributed by atoms with Gasteiger partial charge in [0.15, 0.2) is 0 Å². The van der Waals surface area contributed by atoms with Gasteiger partial charge in [0.25, 0.3) is 0 Å². The first-order valence-electron chi connectivity index (χ1n) is 6.21. The highest BCUT2D eigenvalue weighted by atomic mass is 16.5. The van der Waals surface area contributed by atoms with Crippen molar-refractivity contribution < 1.29 is 14.3 Å². The van der Waals surface area contributed by atoms with E-state index in [2.05, 4.69) is 11.7 Å². The van der Waals surface area contributed by atoms with Crippen LogP contribution in [0.2, 0.25) is 0 Å². The summed E-state index contributed by atoms with van der Waals surface area (Å²) in [5, 5.41) is 0. The molecule has 0 aliphatic carbocycles. The van der Waals surface area contributed by atoms with Crippen LogP contribution >= 0.6 is 0 Å². The van der Waals surface area contributed by atoms with Crippen molar-refractivity contribution in [3.63, 3.8) is 0 Å². The van der Waals surface area contributed by atoms with Crippen molar-refractivity contribution in [1.82, 2.24) is 0 Å². The number of hydrogen-bond donors (Lipinski definition) is 0. The van der Waals surface area contributed by atoms with Crippen LogP contribution in [0.25, 0.3) is 0 Å². The molecule has 0 amide bonds. The highest BCUT2D eigenvalue weighted by Crippen LogP contribution is 2.12. The Hall–Kier alpha value is -0.860. The zero-order valence-corrected chi connectivity index (χ0v) is 10.8. The zero-order chi connectivity index (χ0) is 12.4. The van der Waals surface area contributed by atoms with Gasteiger partial charge < -0.3 is 4.74 Å². The number of unbranched alkanes of at least 4 members (excludes halogenated alkanes) is 4. The van der Waals surface area contributed by atoms with Gasteiger partial charge in [-0.1, -0.05) is 39.5 Å². The monoisotopic (exact) mass is 228 g/mol. The maximum atomic E-state index is 11.6. The molecule has 16 heavy (non-hydrogen) atoms. The molecule has 1 unspecified atom stereocenters. The summed E-state index contributed by atoms with van der Waals surface area (Å²) in [5.74, 6) is -0.313. The van der Waals surface area contributed by atoms with Crippen molar-refractivity contribution in [1.29, 1.82) is 0 Å². The number of Topliss-reactive ketones (excluding diaryl/α,β-unsaturated/α-hetero) is 1. The van der Waals surface area contributed by atoms with E-state index >= 15 is 0 Å². The summed E-state index contributed by atoms with van der Waals surface area (Å²) in [5.41, 5.74) is 0. The summed E-state index contributed by atoms with van der Waals surface area (Å²) < 4.78 is 4.54. The van der Waals surface area contributed by atoms with Gasteiger partial charge in [-0.2, -0.15) is 0 Å². The highest BCUT2D eigenvalue weighted by Gasteiger charge is 2.16. The predicted molar refractivity (Wildman–Crippen MR) is 64.2 cm³/mol. The molecule has 0 saturated heterocycles. The molecule has 0 radical (unpaired) electrons. The average molecular weight is 228 g/mol. The number of methoxy groups -OCH3 is 1. The molecule has 0 aromatic heterocycles. The number of esters is 1. The topological polar surface area (TPSA) is 43.4 Å². The minimum absolute atomic E-state index is 0.182. The van der Waals surface area contributed by atoms with E-state index in [1.807, 2.05) is 0 Å². The molecule has 0 saturated carbocycles. The third kappa shape index (κ3) is 7.43. The fraction of sp³-hybridized carbons (Fsp3) is 0.846. The molecule has 94 valence electrons. The van der Waals surface area contributed by atoms with E-state index in [1.165, 1.54) is 26.4 Å². The SMILES string of the molecule is CCCCCCCC(=O)C(C)CC(=O)OC. The normalized spacial score (nSPS) is 12.2. The molecule has 0 N–H and O–H groups in total. The lowest BCUT2D eigenvalue weighted by Crippen LogP contribution is -2.16. The second-order valence-corrected chi connectivity index (χ2v) is 4.31. The van der Waals surface area contributed by atoms with Crippen LogP contribution < -0.4 is 0 Å². The van der Waals surface area contributed by atoms with Crippen LogP contribution in [0.1, 0.15) is 58.8 Å². The van der Waals surface area contributed by atoms with Crippen molar-refractivity contribution in [2.75, 3.05) is 7.11 Å². The molecular weight excluding hydrogens is 204 g/mol. The highest BCUT2D eigenvalue weighted by molar-refractivity contribution is 5.84. The molecule has 0 bridgehead atoms. The molecule has 0 heterocycles. The van der Waals surface area contributed by atoms with Gasteiger partial charge in [-0.25, -0.2) is 0 Å². The van der Waals surface area contributed by atoms with Gasteiger partial charge in [0, 0.05) is 12.3 Å². The number of ketones is 1. The quantitative estimate of drug-likeness (QED) is 0.450. The lowest BCUT2D eigenvalue weighted by atomic mass is 9.97. The van der Waals surface area contributed by atoms with Gasteiger partial charge in [-0.15, -0.1) is 0 Å². The molecule has 0 fully saturated rings. The third-order valence-corrected chi connectivity index (χ3v) is 2.78. The Bertz CT molecular complexity index is 211. The van der Waals surface area contributed by atoms with Crippen LogP contribution in [0.3, 0.4) is 0 Å². The van der Waals surface area contributed by atoms with E-state index in [1.54, 1.807) is 6.92 Å². The molecule has 0 aliphatic rings. The van der Waals surface area contributed by atoms with Gasteiger partial charge in [-0.05, 0) is 6.42 Å². The summed E-state index contributed by atoms with van der Waals surface area (Å²) >= 11 is 0. The molecule has 0 spiro atoms. The first-order valence-corrected chi connectivity index (χ1v) is 6.21. The van der Waals surface area contributed by atoms with Crippen molar-refractivity contribution in [2.24, 2.45) is 5.92 Å². The summed E-state index contributed by atoms with van der Waals surface area (Å²) in [4.78, 5) is 22.6.